The van der Waals surface area contributed by atoms with Gasteiger partial charge in [-0.05, 0) is 120 Å². The van der Waals surface area contributed by atoms with Crippen molar-refractivity contribution in [3.63, 3.8) is 0 Å². The molecular weight excluding hydrogens is 641 g/mol. The maximum atomic E-state index is 10.1. The number of rotatable bonds is 4. The molecule has 11 aromatic rings. The van der Waals surface area contributed by atoms with E-state index in [1.807, 2.05) is 6.07 Å². The maximum Gasteiger partial charge on any atom is 0.0998 e. The molecule has 0 aliphatic rings. The molecule has 2 nitrogen and oxygen atoms in total. The second-order valence-corrected chi connectivity index (χ2v) is 13.9. The van der Waals surface area contributed by atoms with Gasteiger partial charge in [0, 0.05) is 21.8 Å². The van der Waals surface area contributed by atoms with Gasteiger partial charge in [0.05, 0.1) is 22.7 Å². The predicted octanol–water partition coefficient (Wildman–Crippen LogP) is 13.7. The second kappa shape index (κ2) is 11.4. The molecule has 10 aromatic carbocycles. The van der Waals surface area contributed by atoms with Gasteiger partial charge in [-0.25, -0.2) is 0 Å². The number of hydrogen-bond donors (Lipinski definition) is 0. The number of nitrogens with zero attached hydrogens (tertiary/aromatic N) is 2. The minimum atomic E-state index is 0.700. The average molecular weight is 671 g/mol. The summed E-state index contributed by atoms with van der Waals surface area (Å²) in [7, 11) is 0. The molecule has 0 N–H and O–H groups in total. The van der Waals surface area contributed by atoms with E-state index in [1.165, 1.54) is 70.9 Å². The summed E-state index contributed by atoms with van der Waals surface area (Å²) in [5, 5.41) is 22.1. The molecule has 53 heavy (non-hydrogen) atoms. The van der Waals surface area contributed by atoms with Crippen LogP contribution in [0.1, 0.15) is 5.56 Å². The van der Waals surface area contributed by atoms with Crippen molar-refractivity contribution in [2.75, 3.05) is 0 Å². The van der Waals surface area contributed by atoms with Gasteiger partial charge in [-0.15, -0.1) is 0 Å². The van der Waals surface area contributed by atoms with Crippen molar-refractivity contribution in [1.82, 2.24) is 4.57 Å². The molecule has 0 fully saturated rings. The summed E-state index contributed by atoms with van der Waals surface area (Å²) in [5.74, 6) is 0. The zero-order valence-electron chi connectivity index (χ0n) is 28.7. The highest BCUT2D eigenvalue weighted by Gasteiger charge is 2.21. The molecule has 11 rings (SSSR count). The minimum Gasteiger partial charge on any atom is -0.309 e. The number of para-hydroxylation sites is 1. The first kappa shape index (κ1) is 29.5. The van der Waals surface area contributed by atoms with Crippen molar-refractivity contribution in [1.29, 1.82) is 5.26 Å². The molecule has 1 heterocycles. The second-order valence-electron chi connectivity index (χ2n) is 13.9. The summed E-state index contributed by atoms with van der Waals surface area (Å²) in [6, 6.07) is 68.1. The molecule has 0 bridgehead atoms. The van der Waals surface area contributed by atoms with Gasteiger partial charge in [0.1, 0.15) is 0 Å². The van der Waals surface area contributed by atoms with Gasteiger partial charge in [0.2, 0.25) is 0 Å². The van der Waals surface area contributed by atoms with Gasteiger partial charge in [-0.3, -0.25) is 0 Å². The highest BCUT2D eigenvalue weighted by atomic mass is 15.0. The van der Waals surface area contributed by atoms with Crippen LogP contribution in [-0.4, -0.2) is 4.57 Å². The zero-order valence-corrected chi connectivity index (χ0v) is 28.7. The molecule has 0 spiro atoms. The fraction of sp³-hybridized carbons (Fsp3) is 0. The number of fused-ring (bicyclic) bond motifs is 5. The molecule has 0 atom stereocenters. The Morgan fingerprint density at radius 2 is 0.849 bits per heavy atom. The van der Waals surface area contributed by atoms with Gasteiger partial charge in [-0.1, -0.05) is 133 Å². The molecule has 0 saturated carbocycles. The van der Waals surface area contributed by atoms with E-state index in [0.29, 0.717) is 5.56 Å². The van der Waals surface area contributed by atoms with E-state index in [1.54, 1.807) is 0 Å². The van der Waals surface area contributed by atoms with E-state index < -0.39 is 0 Å². The fourth-order valence-electron chi connectivity index (χ4n) is 8.86. The van der Waals surface area contributed by atoms with Gasteiger partial charge in [0.15, 0.2) is 0 Å². The van der Waals surface area contributed by atoms with E-state index in [0.717, 1.165) is 33.1 Å². The lowest BCUT2D eigenvalue weighted by Crippen LogP contribution is -1.93. The lowest BCUT2D eigenvalue weighted by atomic mass is 9.87. The van der Waals surface area contributed by atoms with E-state index in [-0.39, 0.29) is 0 Å². The van der Waals surface area contributed by atoms with Crippen LogP contribution < -0.4 is 0 Å². The van der Waals surface area contributed by atoms with Crippen LogP contribution >= 0.6 is 0 Å². The van der Waals surface area contributed by atoms with Crippen molar-refractivity contribution >= 4 is 64.9 Å². The normalized spacial score (nSPS) is 11.8. The van der Waals surface area contributed by atoms with Crippen LogP contribution in [0.3, 0.4) is 0 Å². The number of nitriles is 1. The third-order valence-corrected chi connectivity index (χ3v) is 11.2. The van der Waals surface area contributed by atoms with Crippen molar-refractivity contribution < 1.29 is 0 Å². The Labute approximate surface area is 306 Å². The first-order chi connectivity index (χ1) is 26.3. The predicted molar refractivity (Wildman–Crippen MR) is 223 cm³/mol. The molecule has 2 heteroatoms. The first-order valence-electron chi connectivity index (χ1n) is 18.1. The van der Waals surface area contributed by atoms with Crippen molar-refractivity contribution in [2.24, 2.45) is 0 Å². The Bertz CT molecular complexity index is 3270. The van der Waals surface area contributed by atoms with Crippen LogP contribution in [0.2, 0.25) is 0 Å². The Morgan fingerprint density at radius 1 is 0.340 bits per heavy atom. The molecule has 0 aliphatic carbocycles. The van der Waals surface area contributed by atoms with Crippen LogP contribution in [0.15, 0.2) is 182 Å². The summed E-state index contributed by atoms with van der Waals surface area (Å²) in [5.41, 5.74) is 11.3. The van der Waals surface area contributed by atoms with E-state index in [2.05, 4.69) is 187 Å². The third-order valence-electron chi connectivity index (χ3n) is 11.2. The fourth-order valence-corrected chi connectivity index (χ4v) is 8.86. The lowest BCUT2D eigenvalue weighted by Gasteiger charge is -2.17. The zero-order chi connectivity index (χ0) is 35.0. The van der Waals surface area contributed by atoms with Crippen molar-refractivity contribution in [3.05, 3.63) is 188 Å². The summed E-state index contributed by atoms with van der Waals surface area (Å²) in [6.45, 7) is 0. The van der Waals surface area contributed by atoms with Crippen LogP contribution in [0.25, 0.3) is 104 Å². The Morgan fingerprint density at radius 3 is 1.51 bits per heavy atom. The monoisotopic (exact) mass is 670 g/mol. The van der Waals surface area contributed by atoms with Crippen molar-refractivity contribution in [2.45, 2.75) is 0 Å². The Balaban J connectivity index is 1.16. The minimum absolute atomic E-state index is 0.700. The van der Waals surface area contributed by atoms with E-state index in [9.17, 15) is 5.26 Å². The van der Waals surface area contributed by atoms with Crippen LogP contribution in [0, 0.1) is 11.3 Å². The number of benzene rings is 10. The summed E-state index contributed by atoms with van der Waals surface area (Å²) in [4.78, 5) is 0. The molecule has 0 unspecified atom stereocenters. The molecule has 244 valence electrons. The van der Waals surface area contributed by atoms with Crippen LogP contribution in [0.4, 0.5) is 0 Å². The lowest BCUT2D eigenvalue weighted by molar-refractivity contribution is 1.18. The topological polar surface area (TPSA) is 28.7 Å². The molecule has 0 aliphatic heterocycles. The smallest absolute Gasteiger partial charge is 0.0998 e. The van der Waals surface area contributed by atoms with Crippen LogP contribution in [-0.2, 0) is 0 Å². The highest BCUT2D eigenvalue weighted by Crippen LogP contribution is 2.45. The molecule has 0 amide bonds. The highest BCUT2D eigenvalue weighted by molar-refractivity contribution is 6.28. The van der Waals surface area contributed by atoms with E-state index in [4.69, 9.17) is 0 Å². The Hall–Kier alpha value is -7.21. The Kier molecular flexibility index (Phi) is 6.35. The summed E-state index contributed by atoms with van der Waals surface area (Å²) < 4.78 is 2.33. The molecule has 0 radical (unpaired) electrons. The molecular formula is C51H30N2. The molecule has 0 saturated heterocycles. The quantitative estimate of drug-likeness (QED) is 0.171. The average Bonchev–Trinajstić information content (AvgIpc) is 3.58. The standard InChI is InChI=1S/C51H30N2/c52-31-35-22-26-48-50-38(35)23-24-43-37(25-27-49(51(43)50)53(48)36-16-5-2-6-17-36)33-14-11-15-34(28-33)45-30-47-41-20-9-7-18-39(41)44(32-12-3-1-4-13-32)29-46(47)42-21-10-8-19-40(42)45/h1-30H. The summed E-state index contributed by atoms with van der Waals surface area (Å²) in [6.07, 6.45) is 0. The SMILES string of the molecule is N#Cc1ccc2c3c1ccc1c(-c4cccc(-c5cc6c7ccccc7c(-c7ccccc7)cc6c6ccccc56)c4)ccc(c13)n2-c1ccccc1. The van der Waals surface area contributed by atoms with Gasteiger partial charge >= 0.3 is 0 Å². The number of hydrogen-bond acceptors (Lipinski definition) is 1. The van der Waals surface area contributed by atoms with E-state index >= 15 is 0 Å². The third kappa shape index (κ3) is 4.32. The number of aromatic nitrogens is 1. The van der Waals surface area contributed by atoms with Gasteiger partial charge in [0.25, 0.3) is 0 Å². The maximum absolute atomic E-state index is 10.1. The van der Waals surface area contributed by atoms with Gasteiger partial charge < -0.3 is 4.57 Å². The van der Waals surface area contributed by atoms with Crippen molar-refractivity contribution in [3.8, 4) is 45.1 Å². The molecule has 1 aromatic heterocycles. The largest absolute Gasteiger partial charge is 0.309 e. The first-order valence-corrected chi connectivity index (χ1v) is 18.1. The van der Waals surface area contributed by atoms with Crippen LogP contribution in [0.5, 0.6) is 0 Å². The van der Waals surface area contributed by atoms with Gasteiger partial charge in [-0.2, -0.15) is 5.26 Å². The summed E-state index contributed by atoms with van der Waals surface area (Å²) >= 11 is 0.